The number of benzene rings is 1. The molecule has 20 heavy (non-hydrogen) atoms. The number of hydrogen-bond acceptors (Lipinski definition) is 3. The van der Waals surface area contributed by atoms with Crippen molar-refractivity contribution < 1.29 is 5.11 Å². The predicted octanol–water partition coefficient (Wildman–Crippen LogP) is 3.74. The third-order valence-corrected chi connectivity index (χ3v) is 4.00. The van der Waals surface area contributed by atoms with Gasteiger partial charge in [-0.1, -0.05) is 35.3 Å². The Labute approximate surface area is 142 Å². The lowest BCUT2D eigenvalue weighted by Gasteiger charge is -2.35. The molecule has 1 aliphatic heterocycles. The zero-order valence-corrected chi connectivity index (χ0v) is 14.9. The Morgan fingerprint density at radius 1 is 1.30 bits per heavy atom. The Bertz CT molecular complexity index is 401. The Hall–Kier alpha value is -0.000000000000000111. The van der Waals surface area contributed by atoms with Gasteiger partial charge in [0.2, 0.25) is 0 Å². The fraction of sp³-hybridized carbons (Fsp3) is 0.571. The maximum absolute atomic E-state index is 10.1. The van der Waals surface area contributed by atoms with E-state index in [0.29, 0.717) is 11.8 Å². The highest BCUT2D eigenvalue weighted by Crippen LogP contribution is 2.34. The standard InChI is InChI=1S/C14H21BrN2O.2ClH/c1-2-3-13(17-8-6-16-7-9-17)12-5-4-11(15)10-14(12)18;;/h4-5,10,13,16,18H,2-3,6-9H2,1H3;2*1H/t13-;;/m0../s1. The van der Waals surface area contributed by atoms with Gasteiger partial charge < -0.3 is 10.4 Å². The first-order chi connectivity index (χ1) is 8.72. The predicted molar refractivity (Wildman–Crippen MR) is 92.4 cm³/mol. The molecule has 1 aliphatic rings. The van der Waals surface area contributed by atoms with Crippen LogP contribution in [-0.2, 0) is 0 Å². The lowest BCUT2D eigenvalue weighted by Crippen LogP contribution is -2.45. The van der Waals surface area contributed by atoms with E-state index in [1.54, 1.807) is 6.07 Å². The molecule has 6 heteroatoms. The van der Waals surface area contributed by atoms with Crippen molar-refractivity contribution >= 4 is 40.7 Å². The molecule has 0 spiro atoms. The number of phenols is 1. The average molecular weight is 386 g/mol. The number of aromatic hydroxyl groups is 1. The number of piperazine rings is 1. The van der Waals surface area contributed by atoms with E-state index in [1.807, 2.05) is 12.1 Å². The second-order valence-corrected chi connectivity index (χ2v) is 5.71. The minimum atomic E-state index is 0. The first-order valence-corrected chi connectivity index (χ1v) is 7.45. The van der Waals surface area contributed by atoms with Gasteiger partial charge in [0.1, 0.15) is 5.75 Å². The van der Waals surface area contributed by atoms with Gasteiger partial charge in [0.25, 0.3) is 0 Å². The van der Waals surface area contributed by atoms with Gasteiger partial charge in [-0.15, -0.1) is 24.8 Å². The molecule has 0 aromatic heterocycles. The molecular formula is C14H23BrCl2N2O. The van der Waals surface area contributed by atoms with Gasteiger partial charge in [-0.2, -0.15) is 0 Å². The molecule has 0 bridgehead atoms. The van der Waals surface area contributed by atoms with Crippen molar-refractivity contribution in [1.82, 2.24) is 10.2 Å². The number of halogens is 3. The highest BCUT2D eigenvalue weighted by Gasteiger charge is 2.23. The number of rotatable bonds is 4. The zero-order chi connectivity index (χ0) is 13.0. The fourth-order valence-electron chi connectivity index (χ4n) is 2.60. The van der Waals surface area contributed by atoms with E-state index in [4.69, 9.17) is 0 Å². The van der Waals surface area contributed by atoms with Crippen molar-refractivity contribution in [2.45, 2.75) is 25.8 Å². The molecule has 0 aliphatic carbocycles. The Morgan fingerprint density at radius 3 is 2.50 bits per heavy atom. The molecule has 1 fully saturated rings. The summed E-state index contributed by atoms with van der Waals surface area (Å²) in [7, 11) is 0. The monoisotopic (exact) mass is 384 g/mol. The van der Waals surface area contributed by atoms with Crippen molar-refractivity contribution in [2.24, 2.45) is 0 Å². The topological polar surface area (TPSA) is 35.5 Å². The highest BCUT2D eigenvalue weighted by molar-refractivity contribution is 9.10. The van der Waals surface area contributed by atoms with Crippen LogP contribution in [0.4, 0.5) is 0 Å². The minimum absolute atomic E-state index is 0. The summed E-state index contributed by atoms with van der Waals surface area (Å²) < 4.78 is 0.930. The third-order valence-electron chi connectivity index (χ3n) is 3.51. The number of nitrogens with one attached hydrogen (secondary N) is 1. The molecule has 0 saturated carbocycles. The molecule has 0 unspecified atom stereocenters. The van der Waals surface area contributed by atoms with E-state index >= 15 is 0 Å². The summed E-state index contributed by atoms with van der Waals surface area (Å²) in [6.07, 6.45) is 2.22. The molecule has 0 radical (unpaired) electrons. The lowest BCUT2D eigenvalue weighted by atomic mass is 9.99. The van der Waals surface area contributed by atoms with Crippen LogP contribution in [0.25, 0.3) is 0 Å². The molecule has 0 amide bonds. The molecule has 3 nitrogen and oxygen atoms in total. The van der Waals surface area contributed by atoms with Crippen molar-refractivity contribution in [3.8, 4) is 5.75 Å². The summed E-state index contributed by atoms with van der Waals surface area (Å²) in [6.45, 7) is 6.39. The molecule has 1 aromatic rings. The quantitative estimate of drug-likeness (QED) is 0.828. The second-order valence-electron chi connectivity index (χ2n) is 4.79. The smallest absolute Gasteiger partial charge is 0.121 e. The molecule has 2 rings (SSSR count). The SMILES string of the molecule is CCC[C@@H](c1ccc(Br)cc1O)N1CCNCC1.Cl.Cl. The van der Waals surface area contributed by atoms with Crippen molar-refractivity contribution in [1.29, 1.82) is 0 Å². The maximum Gasteiger partial charge on any atom is 0.121 e. The van der Waals surface area contributed by atoms with Crippen LogP contribution < -0.4 is 5.32 Å². The summed E-state index contributed by atoms with van der Waals surface area (Å²) in [5.41, 5.74) is 1.06. The first kappa shape index (κ1) is 20.0. The summed E-state index contributed by atoms with van der Waals surface area (Å²) in [4.78, 5) is 2.48. The maximum atomic E-state index is 10.1. The number of phenolic OH excluding ortho intramolecular Hbond substituents is 1. The van der Waals surface area contributed by atoms with Crippen LogP contribution in [0, 0.1) is 0 Å². The molecule has 2 N–H and O–H groups in total. The minimum Gasteiger partial charge on any atom is -0.508 e. The Morgan fingerprint density at radius 2 is 1.95 bits per heavy atom. The molecule has 1 saturated heterocycles. The first-order valence-electron chi connectivity index (χ1n) is 6.65. The molecule has 116 valence electrons. The van der Waals surface area contributed by atoms with Gasteiger partial charge in [-0.25, -0.2) is 0 Å². The van der Waals surface area contributed by atoms with E-state index in [1.165, 1.54) is 0 Å². The van der Waals surface area contributed by atoms with Crippen LogP contribution in [0.3, 0.4) is 0 Å². The number of hydrogen-bond donors (Lipinski definition) is 2. The largest absolute Gasteiger partial charge is 0.508 e. The van der Waals surface area contributed by atoms with E-state index in [0.717, 1.165) is 49.1 Å². The van der Waals surface area contributed by atoms with Gasteiger partial charge in [0.05, 0.1) is 0 Å². The van der Waals surface area contributed by atoms with Gasteiger partial charge in [0.15, 0.2) is 0 Å². The summed E-state index contributed by atoms with van der Waals surface area (Å²) >= 11 is 3.40. The van der Waals surface area contributed by atoms with Crippen molar-refractivity contribution in [2.75, 3.05) is 26.2 Å². The molecule has 1 aromatic carbocycles. The van der Waals surface area contributed by atoms with Crippen LogP contribution >= 0.6 is 40.7 Å². The molecule has 1 atom stereocenters. The van der Waals surface area contributed by atoms with Crippen molar-refractivity contribution in [3.63, 3.8) is 0 Å². The van der Waals surface area contributed by atoms with Gasteiger partial charge in [-0.05, 0) is 18.6 Å². The highest BCUT2D eigenvalue weighted by atomic mass is 79.9. The lowest BCUT2D eigenvalue weighted by molar-refractivity contribution is 0.162. The van der Waals surface area contributed by atoms with E-state index in [-0.39, 0.29) is 24.8 Å². The van der Waals surface area contributed by atoms with Crippen LogP contribution in [0.1, 0.15) is 31.4 Å². The fourth-order valence-corrected chi connectivity index (χ4v) is 2.95. The molecular weight excluding hydrogens is 363 g/mol. The van der Waals surface area contributed by atoms with Crippen LogP contribution in [0.15, 0.2) is 22.7 Å². The zero-order valence-electron chi connectivity index (χ0n) is 11.6. The second kappa shape index (κ2) is 9.85. The normalized spacial score (nSPS) is 16.9. The van der Waals surface area contributed by atoms with Crippen LogP contribution in [0.5, 0.6) is 5.75 Å². The van der Waals surface area contributed by atoms with E-state index in [2.05, 4.69) is 33.1 Å². The Kier molecular flexibility index (Phi) is 9.85. The third kappa shape index (κ3) is 5.08. The van der Waals surface area contributed by atoms with E-state index in [9.17, 15) is 5.11 Å². The summed E-state index contributed by atoms with van der Waals surface area (Å²) in [6, 6.07) is 6.19. The van der Waals surface area contributed by atoms with E-state index < -0.39 is 0 Å². The van der Waals surface area contributed by atoms with Gasteiger partial charge >= 0.3 is 0 Å². The summed E-state index contributed by atoms with van der Waals surface area (Å²) in [5, 5.41) is 13.5. The average Bonchev–Trinajstić information content (AvgIpc) is 2.38. The number of nitrogens with zero attached hydrogens (tertiary/aromatic N) is 1. The summed E-state index contributed by atoms with van der Waals surface area (Å²) in [5.74, 6) is 0.404. The molecule has 1 heterocycles. The Balaban J connectivity index is 0.00000180. The van der Waals surface area contributed by atoms with Crippen molar-refractivity contribution in [3.05, 3.63) is 28.2 Å². The van der Waals surface area contributed by atoms with Gasteiger partial charge in [0, 0.05) is 42.3 Å². The van der Waals surface area contributed by atoms with Crippen LogP contribution in [0.2, 0.25) is 0 Å². The van der Waals surface area contributed by atoms with Crippen LogP contribution in [-0.4, -0.2) is 36.2 Å². The van der Waals surface area contributed by atoms with Gasteiger partial charge in [-0.3, -0.25) is 4.90 Å².